The lowest BCUT2D eigenvalue weighted by Gasteiger charge is -2.51. The van der Waals surface area contributed by atoms with Crippen LogP contribution in [0.2, 0.25) is 0 Å². The van der Waals surface area contributed by atoms with Crippen molar-refractivity contribution in [1.82, 2.24) is 9.80 Å². The number of Topliss-reactive ketones (excluding diaryl/α,β-unsaturated/α-hetero) is 3. The van der Waals surface area contributed by atoms with Gasteiger partial charge in [-0.2, -0.15) is 0 Å². The minimum Gasteiger partial charge on any atom is -0.507 e. The molecule has 9 nitrogen and oxygen atoms in total. The SMILES string of the molecule is CN(C)CCCc1cc(F)c2c(c1O)C(=O)C1C(=O)[C@]3(O)C(=O)C(C(N)=O)=C[C@@H](N(C)C)[C@@H]3C[C@@H]1C2. The number of phenolic OH excluding ortho intramolecular Hbond substituents is 1. The Morgan fingerprint density at radius 3 is 2.47 bits per heavy atom. The largest absolute Gasteiger partial charge is 0.507 e. The number of primary amides is 1. The third-order valence-corrected chi connectivity index (χ3v) is 7.90. The smallest absolute Gasteiger partial charge is 0.252 e. The van der Waals surface area contributed by atoms with Gasteiger partial charge in [-0.25, -0.2) is 4.39 Å². The van der Waals surface area contributed by atoms with E-state index in [9.17, 15) is 29.4 Å². The third-order valence-electron chi connectivity index (χ3n) is 7.90. The summed E-state index contributed by atoms with van der Waals surface area (Å²) < 4.78 is 15.2. The van der Waals surface area contributed by atoms with Crippen LogP contribution in [-0.4, -0.2) is 89.6 Å². The molecule has 36 heavy (non-hydrogen) atoms. The molecule has 0 spiro atoms. The Morgan fingerprint density at radius 1 is 1.22 bits per heavy atom. The van der Waals surface area contributed by atoms with Crippen molar-refractivity contribution < 1.29 is 33.8 Å². The van der Waals surface area contributed by atoms with Crippen LogP contribution >= 0.6 is 0 Å². The van der Waals surface area contributed by atoms with Crippen molar-refractivity contribution in [2.75, 3.05) is 34.7 Å². The summed E-state index contributed by atoms with van der Waals surface area (Å²) in [6.07, 6.45) is 2.36. The number of ketones is 3. The molecular weight excluding hydrogens is 469 g/mol. The number of rotatable bonds is 6. The molecule has 0 radical (unpaired) electrons. The number of aromatic hydroxyl groups is 1. The number of likely N-dealkylation sites (N-methyl/N-ethyl adjacent to an activating group) is 1. The molecule has 5 atom stereocenters. The Balaban J connectivity index is 1.78. The van der Waals surface area contributed by atoms with E-state index in [1.807, 2.05) is 19.0 Å². The molecule has 194 valence electrons. The molecule has 1 aromatic rings. The predicted molar refractivity (Wildman–Crippen MR) is 128 cm³/mol. The molecular formula is C26H32FN3O6. The summed E-state index contributed by atoms with van der Waals surface area (Å²) in [7, 11) is 7.11. The molecule has 4 N–H and O–H groups in total. The maximum Gasteiger partial charge on any atom is 0.252 e. The van der Waals surface area contributed by atoms with Crippen LogP contribution in [0, 0.1) is 23.6 Å². The number of aryl methyl sites for hydroxylation is 1. The number of hydrogen-bond acceptors (Lipinski definition) is 8. The van der Waals surface area contributed by atoms with Crippen LogP contribution in [0.3, 0.4) is 0 Å². The number of aliphatic hydroxyl groups is 1. The van der Waals surface area contributed by atoms with Gasteiger partial charge in [-0.15, -0.1) is 0 Å². The van der Waals surface area contributed by atoms with Crippen LogP contribution in [0.25, 0.3) is 0 Å². The zero-order chi connectivity index (χ0) is 26.7. The zero-order valence-corrected chi connectivity index (χ0v) is 20.9. The number of fused-ring (bicyclic) bond motifs is 3. The standard InChI is InChI=1S/C26H32FN3O6/c1-29(2)7-5-6-12-10-17(27)14-8-13-9-16-18(30(3)4)11-15(25(28)35)23(33)26(16,36)24(34)19(13)22(32)20(14)21(12)31/h10-11,13,16,18-19,31,36H,5-9H2,1-4H3,(H2,28,35)/t13-,16-,18+,19?,26+/m0/s1. The molecule has 0 bridgehead atoms. The summed E-state index contributed by atoms with van der Waals surface area (Å²) in [6, 6.07) is 0.557. The number of benzene rings is 1. The van der Waals surface area contributed by atoms with Crippen LogP contribution in [-0.2, 0) is 27.2 Å². The zero-order valence-electron chi connectivity index (χ0n) is 20.9. The minimum absolute atomic E-state index is 0.00214. The Bertz CT molecular complexity index is 1190. The fourth-order valence-electron chi connectivity index (χ4n) is 6.13. The molecule has 1 fully saturated rings. The van der Waals surface area contributed by atoms with Gasteiger partial charge in [-0.3, -0.25) is 19.2 Å². The van der Waals surface area contributed by atoms with E-state index in [1.54, 1.807) is 19.0 Å². The average molecular weight is 502 g/mol. The highest BCUT2D eigenvalue weighted by Gasteiger charge is 2.65. The van der Waals surface area contributed by atoms with Gasteiger partial charge in [0, 0.05) is 17.5 Å². The van der Waals surface area contributed by atoms with Gasteiger partial charge in [0.25, 0.3) is 5.91 Å². The maximum atomic E-state index is 15.2. The summed E-state index contributed by atoms with van der Waals surface area (Å²) in [4.78, 5) is 56.1. The quantitative estimate of drug-likeness (QED) is 0.372. The van der Waals surface area contributed by atoms with Crippen molar-refractivity contribution in [3.05, 3.63) is 40.2 Å². The molecule has 10 heteroatoms. The van der Waals surface area contributed by atoms with Gasteiger partial charge in [0.05, 0.1) is 17.1 Å². The van der Waals surface area contributed by atoms with E-state index in [-0.39, 0.29) is 35.3 Å². The van der Waals surface area contributed by atoms with Gasteiger partial charge < -0.3 is 25.7 Å². The monoisotopic (exact) mass is 501 g/mol. The van der Waals surface area contributed by atoms with E-state index in [0.29, 0.717) is 19.4 Å². The number of halogens is 1. The van der Waals surface area contributed by atoms with E-state index in [2.05, 4.69) is 0 Å². The van der Waals surface area contributed by atoms with Crippen LogP contribution < -0.4 is 5.73 Å². The van der Waals surface area contributed by atoms with Crippen molar-refractivity contribution >= 4 is 23.3 Å². The molecule has 0 aliphatic heterocycles. The third kappa shape index (κ3) is 3.88. The second kappa shape index (κ2) is 9.17. The lowest BCUT2D eigenvalue weighted by Crippen LogP contribution is -2.68. The summed E-state index contributed by atoms with van der Waals surface area (Å²) in [6.45, 7) is 0.689. The molecule has 0 aromatic heterocycles. The number of nitrogens with zero attached hydrogens (tertiary/aromatic N) is 2. The molecule has 3 aliphatic carbocycles. The first kappa shape index (κ1) is 26.1. The Morgan fingerprint density at radius 2 is 1.89 bits per heavy atom. The Kier molecular flexibility index (Phi) is 6.65. The number of carbonyl (C=O) groups excluding carboxylic acids is 4. The van der Waals surface area contributed by atoms with Crippen LogP contribution in [0.15, 0.2) is 17.7 Å². The molecule has 0 saturated heterocycles. The van der Waals surface area contributed by atoms with Gasteiger partial charge in [0.2, 0.25) is 5.78 Å². The number of carbonyl (C=O) groups is 4. The highest BCUT2D eigenvalue weighted by atomic mass is 19.1. The van der Waals surface area contributed by atoms with Crippen LogP contribution in [0.1, 0.15) is 34.3 Å². The summed E-state index contributed by atoms with van der Waals surface area (Å²) in [5, 5.41) is 22.5. The minimum atomic E-state index is -2.63. The van der Waals surface area contributed by atoms with Crippen molar-refractivity contribution in [1.29, 1.82) is 0 Å². The van der Waals surface area contributed by atoms with Crippen molar-refractivity contribution in [2.45, 2.75) is 37.3 Å². The lowest BCUT2D eigenvalue weighted by molar-refractivity contribution is -0.168. The fraction of sp³-hybridized carbons (Fsp3) is 0.538. The number of amides is 1. The highest BCUT2D eigenvalue weighted by molar-refractivity contribution is 6.32. The molecule has 1 aromatic carbocycles. The van der Waals surface area contributed by atoms with E-state index in [1.165, 1.54) is 12.1 Å². The summed E-state index contributed by atoms with van der Waals surface area (Å²) in [5.41, 5.74) is 2.31. The maximum absolute atomic E-state index is 15.2. The molecule has 1 amide bonds. The van der Waals surface area contributed by atoms with E-state index in [0.717, 1.165) is 0 Å². The van der Waals surface area contributed by atoms with Crippen molar-refractivity contribution in [2.24, 2.45) is 23.5 Å². The molecule has 3 aliphatic rings. The van der Waals surface area contributed by atoms with E-state index in [4.69, 9.17) is 5.73 Å². The lowest BCUT2D eigenvalue weighted by atomic mass is 9.54. The predicted octanol–water partition coefficient (Wildman–Crippen LogP) is 0.241. The highest BCUT2D eigenvalue weighted by Crippen LogP contribution is 2.50. The normalized spacial score (nSPS) is 29.7. The Hall–Kier alpha value is -2.95. The first-order valence-electron chi connectivity index (χ1n) is 12.0. The molecule has 4 rings (SSSR count). The van der Waals surface area contributed by atoms with E-state index < -0.39 is 64.0 Å². The number of hydrogen-bond donors (Lipinski definition) is 3. The first-order chi connectivity index (χ1) is 16.8. The van der Waals surface area contributed by atoms with Gasteiger partial charge in [0.15, 0.2) is 17.2 Å². The second-order valence-electron chi connectivity index (χ2n) is 10.6. The molecule has 1 saturated carbocycles. The summed E-state index contributed by atoms with van der Waals surface area (Å²) >= 11 is 0. The van der Waals surface area contributed by atoms with E-state index >= 15 is 4.39 Å². The number of nitrogens with two attached hydrogens (primary N) is 1. The number of phenols is 1. The van der Waals surface area contributed by atoms with Gasteiger partial charge in [-0.1, -0.05) is 6.08 Å². The fourth-order valence-corrected chi connectivity index (χ4v) is 6.13. The second-order valence-corrected chi connectivity index (χ2v) is 10.6. The van der Waals surface area contributed by atoms with Crippen molar-refractivity contribution in [3.8, 4) is 5.75 Å². The topological polar surface area (TPSA) is 141 Å². The molecule has 1 unspecified atom stereocenters. The van der Waals surface area contributed by atoms with Crippen molar-refractivity contribution in [3.63, 3.8) is 0 Å². The van der Waals surface area contributed by atoms with Crippen LogP contribution in [0.4, 0.5) is 4.39 Å². The summed E-state index contributed by atoms with van der Waals surface area (Å²) in [5.74, 6) is -8.08. The van der Waals surface area contributed by atoms with Gasteiger partial charge >= 0.3 is 0 Å². The molecule has 0 heterocycles. The first-order valence-corrected chi connectivity index (χ1v) is 12.0. The Labute approximate surface area is 208 Å². The van der Waals surface area contributed by atoms with Gasteiger partial charge in [-0.05, 0) is 78.0 Å². The van der Waals surface area contributed by atoms with Crippen LogP contribution in [0.5, 0.6) is 5.75 Å². The van der Waals surface area contributed by atoms with Gasteiger partial charge in [0.1, 0.15) is 11.6 Å². The average Bonchev–Trinajstić information content (AvgIpc) is 2.78.